The Morgan fingerprint density at radius 3 is 2.00 bits per heavy atom. The van der Waals surface area contributed by atoms with Crippen molar-refractivity contribution < 1.29 is 32.2 Å². The maximum Gasteiger partial charge on any atom is 0.261 e. The summed E-state index contributed by atoms with van der Waals surface area (Å²) in [4.78, 5) is 31.3. The van der Waals surface area contributed by atoms with Crippen molar-refractivity contribution in [1.82, 2.24) is 14.1 Å². The summed E-state index contributed by atoms with van der Waals surface area (Å²) in [7, 11) is 0.746. The minimum absolute atomic E-state index is 0.154. The predicted molar refractivity (Wildman–Crippen MR) is 168 cm³/mol. The Kier molecular flexibility index (Phi) is 11.2. The molecule has 1 fully saturated rings. The van der Waals surface area contributed by atoms with E-state index < -0.39 is 10.0 Å². The number of ether oxygens (including phenoxy) is 3. The lowest BCUT2D eigenvalue weighted by atomic mass is 10.0. The summed E-state index contributed by atoms with van der Waals surface area (Å²) >= 11 is 0. The lowest BCUT2D eigenvalue weighted by molar-refractivity contribution is -0.135. The highest BCUT2D eigenvalue weighted by atomic mass is 32.2. The van der Waals surface area contributed by atoms with Crippen LogP contribution in [0.2, 0.25) is 0 Å². The molecule has 0 aliphatic carbocycles. The molecular weight excluding hydrogens is 582 g/mol. The molecule has 1 heterocycles. The Morgan fingerprint density at radius 2 is 1.45 bits per heavy atom. The standard InChI is InChI=1S/C33H41N3O7S/c1-5-20-35(44(39,40)28-10-7-6-8-11-28)24-31(37)36(23-25-14-16-27(41-2)17-15-25)26-18-21-34(22-19-26)33(38)32-29(42-3)12-9-13-30(32)43-4/h6-17,26H,5,18-24H2,1-4H3. The Bertz CT molecular complexity index is 1480. The number of amides is 2. The Hall–Kier alpha value is -4.09. The number of methoxy groups -OCH3 is 3. The highest BCUT2D eigenvalue weighted by Crippen LogP contribution is 2.31. The van der Waals surface area contributed by atoms with Crippen LogP contribution >= 0.6 is 0 Å². The fraction of sp³-hybridized carbons (Fsp3) is 0.394. The predicted octanol–water partition coefficient (Wildman–Crippen LogP) is 4.45. The molecule has 0 saturated carbocycles. The van der Waals surface area contributed by atoms with E-state index >= 15 is 0 Å². The van der Waals surface area contributed by atoms with Crippen LogP contribution in [0, 0.1) is 0 Å². The zero-order chi connectivity index (χ0) is 31.7. The number of likely N-dealkylation sites (tertiary alicyclic amines) is 1. The molecule has 0 atom stereocenters. The van der Waals surface area contributed by atoms with Crippen LogP contribution in [-0.2, 0) is 21.4 Å². The highest BCUT2D eigenvalue weighted by molar-refractivity contribution is 7.89. The van der Waals surface area contributed by atoms with Gasteiger partial charge in [-0.15, -0.1) is 0 Å². The van der Waals surface area contributed by atoms with E-state index in [1.807, 2.05) is 31.2 Å². The molecule has 0 aromatic heterocycles. The van der Waals surface area contributed by atoms with E-state index in [-0.39, 0.29) is 35.8 Å². The maximum atomic E-state index is 14.0. The molecule has 44 heavy (non-hydrogen) atoms. The zero-order valence-electron chi connectivity index (χ0n) is 25.8. The van der Waals surface area contributed by atoms with Crippen LogP contribution in [0.15, 0.2) is 77.7 Å². The van der Waals surface area contributed by atoms with E-state index in [0.29, 0.717) is 61.7 Å². The second-order valence-corrected chi connectivity index (χ2v) is 12.5. The van der Waals surface area contributed by atoms with Gasteiger partial charge in [0.25, 0.3) is 5.91 Å². The average molecular weight is 624 g/mol. The van der Waals surface area contributed by atoms with E-state index in [0.717, 1.165) is 5.56 Å². The third kappa shape index (κ3) is 7.51. The molecule has 0 N–H and O–H groups in total. The molecule has 3 aromatic carbocycles. The van der Waals surface area contributed by atoms with Crippen molar-refractivity contribution in [2.24, 2.45) is 0 Å². The number of rotatable bonds is 13. The van der Waals surface area contributed by atoms with Gasteiger partial charge in [0.05, 0.1) is 32.8 Å². The summed E-state index contributed by atoms with van der Waals surface area (Å²) in [6, 6.07) is 20.7. The quantitative estimate of drug-likeness (QED) is 0.277. The summed E-state index contributed by atoms with van der Waals surface area (Å²) in [6.07, 6.45) is 1.62. The lowest BCUT2D eigenvalue weighted by Crippen LogP contribution is -2.51. The monoisotopic (exact) mass is 623 g/mol. The second kappa shape index (κ2) is 15.1. The van der Waals surface area contributed by atoms with Crippen LogP contribution in [-0.4, -0.2) is 87.9 Å². The fourth-order valence-corrected chi connectivity index (χ4v) is 6.97. The normalized spacial score (nSPS) is 13.9. The lowest BCUT2D eigenvalue weighted by Gasteiger charge is -2.39. The molecule has 10 nitrogen and oxygen atoms in total. The molecule has 1 aliphatic heterocycles. The smallest absolute Gasteiger partial charge is 0.261 e. The van der Waals surface area contributed by atoms with Gasteiger partial charge in [0.2, 0.25) is 15.9 Å². The summed E-state index contributed by atoms with van der Waals surface area (Å²) in [5.74, 6) is 1.08. The Morgan fingerprint density at radius 1 is 0.841 bits per heavy atom. The van der Waals surface area contributed by atoms with Crippen molar-refractivity contribution in [2.75, 3.05) is 47.5 Å². The molecule has 0 unspecified atom stereocenters. The first-order valence-corrected chi connectivity index (χ1v) is 16.1. The molecule has 4 rings (SSSR count). The van der Waals surface area contributed by atoms with Gasteiger partial charge in [-0.1, -0.05) is 43.3 Å². The first-order valence-electron chi connectivity index (χ1n) is 14.7. The number of sulfonamides is 1. The SMILES string of the molecule is CCCN(CC(=O)N(Cc1ccc(OC)cc1)C1CCN(C(=O)c2c(OC)cccc2OC)CC1)S(=O)(=O)c1ccccc1. The number of carbonyl (C=O) groups is 2. The summed E-state index contributed by atoms with van der Waals surface area (Å²) in [6.45, 7) is 2.95. The molecule has 2 amide bonds. The van der Waals surface area contributed by atoms with Gasteiger partial charge in [-0.25, -0.2) is 8.42 Å². The Labute approximate surface area is 260 Å². The van der Waals surface area contributed by atoms with Gasteiger partial charge in [-0.05, 0) is 61.2 Å². The second-order valence-electron chi connectivity index (χ2n) is 10.6. The molecule has 0 spiro atoms. The van der Waals surface area contributed by atoms with Crippen LogP contribution in [0.1, 0.15) is 42.1 Å². The van der Waals surface area contributed by atoms with Crippen molar-refractivity contribution in [3.63, 3.8) is 0 Å². The maximum absolute atomic E-state index is 14.0. The van der Waals surface area contributed by atoms with Gasteiger partial charge < -0.3 is 24.0 Å². The molecule has 1 aliphatic rings. The molecule has 0 radical (unpaired) electrons. The van der Waals surface area contributed by atoms with Crippen LogP contribution in [0.3, 0.4) is 0 Å². The van der Waals surface area contributed by atoms with Crippen molar-refractivity contribution in [3.8, 4) is 17.2 Å². The van der Waals surface area contributed by atoms with E-state index in [4.69, 9.17) is 14.2 Å². The van der Waals surface area contributed by atoms with Crippen LogP contribution < -0.4 is 14.2 Å². The van der Waals surface area contributed by atoms with E-state index in [1.165, 1.54) is 18.5 Å². The molecule has 11 heteroatoms. The zero-order valence-corrected chi connectivity index (χ0v) is 26.6. The Balaban J connectivity index is 1.56. The average Bonchev–Trinajstić information content (AvgIpc) is 3.06. The molecule has 3 aromatic rings. The number of carbonyl (C=O) groups excluding carboxylic acids is 2. The molecule has 0 bridgehead atoms. The number of hydrogen-bond donors (Lipinski definition) is 0. The molecule has 1 saturated heterocycles. The fourth-order valence-electron chi connectivity index (χ4n) is 5.47. The van der Waals surface area contributed by atoms with Gasteiger partial charge in [-0.2, -0.15) is 4.31 Å². The number of nitrogens with zero attached hydrogens (tertiary/aromatic N) is 3. The van der Waals surface area contributed by atoms with Crippen molar-refractivity contribution in [3.05, 3.63) is 83.9 Å². The van der Waals surface area contributed by atoms with Crippen molar-refractivity contribution >= 4 is 21.8 Å². The first kappa shape index (κ1) is 32.8. The van der Waals surface area contributed by atoms with E-state index in [2.05, 4.69) is 0 Å². The van der Waals surface area contributed by atoms with E-state index in [1.54, 1.807) is 65.4 Å². The van der Waals surface area contributed by atoms with E-state index in [9.17, 15) is 18.0 Å². The minimum atomic E-state index is -3.88. The van der Waals surface area contributed by atoms with Gasteiger partial charge >= 0.3 is 0 Å². The third-order valence-electron chi connectivity index (χ3n) is 7.83. The summed E-state index contributed by atoms with van der Waals surface area (Å²) < 4.78 is 44.5. The number of benzene rings is 3. The highest BCUT2D eigenvalue weighted by Gasteiger charge is 2.34. The summed E-state index contributed by atoms with van der Waals surface area (Å²) in [5.41, 5.74) is 1.26. The minimum Gasteiger partial charge on any atom is -0.497 e. The number of hydrogen-bond acceptors (Lipinski definition) is 7. The topological polar surface area (TPSA) is 106 Å². The first-order chi connectivity index (χ1) is 21.2. The van der Waals surface area contributed by atoms with Crippen LogP contribution in [0.4, 0.5) is 0 Å². The third-order valence-corrected chi connectivity index (χ3v) is 9.69. The molecular formula is C33H41N3O7S. The largest absolute Gasteiger partial charge is 0.497 e. The molecule has 236 valence electrons. The number of piperidine rings is 1. The van der Waals surface area contributed by atoms with Gasteiger partial charge in [0.15, 0.2) is 0 Å². The van der Waals surface area contributed by atoms with Crippen molar-refractivity contribution in [1.29, 1.82) is 0 Å². The van der Waals surface area contributed by atoms with Gasteiger partial charge in [0.1, 0.15) is 22.8 Å². The van der Waals surface area contributed by atoms with Gasteiger partial charge in [-0.3, -0.25) is 9.59 Å². The van der Waals surface area contributed by atoms with Crippen LogP contribution in [0.25, 0.3) is 0 Å². The van der Waals surface area contributed by atoms with Crippen LogP contribution in [0.5, 0.6) is 17.2 Å². The summed E-state index contributed by atoms with van der Waals surface area (Å²) in [5, 5.41) is 0. The van der Waals surface area contributed by atoms with Gasteiger partial charge in [0, 0.05) is 32.2 Å². The van der Waals surface area contributed by atoms with Crippen molar-refractivity contribution in [2.45, 2.75) is 43.7 Å².